The smallest absolute Gasteiger partial charge is 0.241 e. The molecule has 0 unspecified atom stereocenters. The predicted molar refractivity (Wildman–Crippen MR) is 87.9 cm³/mol. The van der Waals surface area contributed by atoms with Crippen molar-refractivity contribution < 1.29 is 8.42 Å². The molecule has 0 aliphatic carbocycles. The third-order valence-electron chi connectivity index (χ3n) is 3.18. The van der Waals surface area contributed by atoms with Gasteiger partial charge in [0.1, 0.15) is 0 Å². The van der Waals surface area contributed by atoms with E-state index in [2.05, 4.69) is 9.71 Å². The third-order valence-corrected chi connectivity index (χ3v) is 4.66. The Morgan fingerprint density at radius 2 is 1.81 bits per heavy atom. The zero-order valence-corrected chi connectivity index (χ0v) is 13.2. The summed E-state index contributed by atoms with van der Waals surface area (Å²) in [5.41, 5.74) is 0.986. The van der Waals surface area contributed by atoms with Crippen molar-refractivity contribution in [2.75, 3.05) is 32.6 Å². The van der Waals surface area contributed by atoms with Crippen molar-refractivity contribution in [3.63, 3.8) is 0 Å². The Kier molecular flexibility index (Phi) is 4.59. The molecule has 0 saturated carbocycles. The molecule has 0 saturated heterocycles. The number of anilines is 1. The number of benzene rings is 2. The summed E-state index contributed by atoms with van der Waals surface area (Å²) in [7, 11) is 1.92. The van der Waals surface area contributed by atoms with E-state index in [0.717, 1.165) is 11.1 Å². The van der Waals surface area contributed by atoms with Crippen LogP contribution in [0.4, 0.5) is 5.69 Å². The summed E-state index contributed by atoms with van der Waals surface area (Å²) < 4.78 is 27.4. The average Bonchev–Trinajstić information content (AvgIpc) is 2.46. The normalized spacial score (nSPS) is 12.1. The van der Waals surface area contributed by atoms with E-state index in [9.17, 15) is 8.42 Å². The van der Waals surface area contributed by atoms with Crippen LogP contribution in [0.15, 0.2) is 46.3 Å². The highest BCUT2D eigenvalue weighted by molar-refractivity contribution is 7.89. The summed E-state index contributed by atoms with van der Waals surface area (Å²) in [6.45, 7) is 0.183. The number of aliphatic imine (C=N–C) groups is 1. The van der Waals surface area contributed by atoms with E-state index in [-0.39, 0.29) is 11.4 Å². The van der Waals surface area contributed by atoms with E-state index in [1.807, 2.05) is 43.3 Å². The second-order valence-corrected chi connectivity index (χ2v) is 6.55. The number of hydrogen-bond donors (Lipinski definition) is 1. The van der Waals surface area contributed by atoms with Crippen LogP contribution in [0.25, 0.3) is 10.8 Å². The fourth-order valence-corrected chi connectivity index (χ4v) is 3.38. The molecular weight excluding hydrogens is 286 g/mol. The summed E-state index contributed by atoms with van der Waals surface area (Å²) in [5, 5.41) is 1.62. The van der Waals surface area contributed by atoms with Gasteiger partial charge in [-0.1, -0.05) is 24.3 Å². The molecule has 2 aromatic carbocycles. The third kappa shape index (κ3) is 3.22. The molecule has 1 N–H and O–H groups in total. The van der Waals surface area contributed by atoms with Crippen LogP contribution in [0.5, 0.6) is 0 Å². The number of rotatable bonds is 5. The van der Waals surface area contributed by atoms with Gasteiger partial charge in [0.15, 0.2) is 0 Å². The van der Waals surface area contributed by atoms with Crippen LogP contribution in [0, 0.1) is 0 Å². The lowest BCUT2D eigenvalue weighted by Crippen LogP contribution is -2.25. The minimum Gasteiger partial charge on any atom is -0.377 e. The topological polar surface area (TPSA) is 61.8 Å². The highest BCUT2D eigenvalue weighted by Gasteiger charge is 2.17. The lowest BCUT2D eigenvalue weighted by Gasteiger charge is -2.16. The van der Waals surface area contributed by atoms with Crippen molar-refractivity contribution in [1.29, 1.82) is 0 Å². The summed E-state index contributed by atoms with van der Waals surface area (Å²) in [5.74, 6) is 0. The lowest BCUT2D eigenvalue weighted by atomic mass is 10.1. The zero-order valence-electron chi connectivity index (χ0n) is 12.4. The van der Waals surface area contributed by atoms with Gasteiger partial charge in [-0.05, 0) is 12.1 Å². The van der Waals surface area contributed by atoms with Gasteiger partial charge < -0.3 is 4.90 Å². The van der Waals surface area contributed by atoms with Gasteiger partial charge >= 0.3 is 0 Å². The molecule has 0 heterocycles. The van der Waals surface area contributed by atoms with Crippen molar-refractivity contribution in [3.05, 3.63) is 36.4 Å². The maximum Gasteiger partial charge on any atom is 0.241 e. The van der Waals surface area contributed by atoms with Crippen LogP contribution < -0.4 is 9.62 Å². The molecule has 0 aliphatic heterocycles. The Balaban J connectivity index is 2.58. The van der Waals surface area contributed by atoms with Crippen molar-refractivity contribution >= 4 is 32.7 Å². The summed E-state index contributed by atoms with van der Waals surface area (Å²) in [6.07, 6.45) is 1.52. The van der Waals surface area contributed by atoms with Crippen molar-refractivity contribution in [3.8, 4) is 0 Å². The van der Waals surface area contributed by atoms with Gasteiger partial charge in [0.2, 0.25) is 10.0 Å². The Bertz CT molecular complexity index is 768. The van der Waals surface area contributed by atoms with E-state index in [4.69, 9.17) is 0 Å². The first-order valence-electron chi connectivity index (χ1n) is 6.56. The molecule has 5 nitrogen and oxygen atoms in total. The number of fused-ring (bicyclic) bond motifs is 1. The molecule has 2 rings (SSSR count). The van der Waals surface area contributed by atoms with Crippen molar-refractivity contribution in [2.45, 2.75) is 4.90 Å². The first-order valence-corrected chi connectivity index (χ1v) is 8.05. The number of nitrogens with zero attached hydrogens (tertiary/aromatic N) is 2. The fourth-order valence-electron chi connectivity index (χ4n) is 2.20. The molecule has 112 valence electrons. The lowest BCUT2D eigenvalue weighted by molar-refractivity contribution is 0.587. The Morgan fingerprint density at radius 3 is 2.48 bits per heavy atom. The molecule has 0 radical (unpaired) electrons. The Morgan fingerprint density at radius 1 is 1.14 bits per heavy atom. The van der Waals surface area contributed by atoms with Gasteiger partial charge in [-0.2, -0.15) is 0 Å². The molecule has 0 aliphatic rings. The van der Waals surface area contributed by atoms with E-state index >= 15 is 0 Å². The largest absolute Gasteiger partial charge is 0.377 e. The highest BCUT2D eigenvalue weighted by atomic mass is 32.2. The van der Waals surface area contributed by atoms with Crippen molar-refractivity contribution in [1.82, 2.24) is 4.72 Å². The molecule has 2 aromatic rings. The van der Waals surface area contributed by atoms with E-state index in [1.165, 1.54) is 6.21 Å². The van der Waals surface area contributed by atoms with Crippen LogP contribution in [0.3, 0.4) is 0 Å². The van der Waals surface area contributed by atoms with Crippen LogP contribution in [-0.4, -0.2) is 42.3 Å². The van der Waals surface area contributed by atoms with E-state index in [0.29, 0.717) is 5.39 Å². The molecule has 6 heteroatoms. The molecule has 0 aromatic heterocycles. The second-order valence-electron chi connectivity index (χ2n) is 4.82. The van der Waals surface area contributed by atoms with Crippen LogP contribution in [-0.2, 0) is 10.0 Å². The molecule has 0 spiro atoms. The molecule has 0 fully saturated rings. The van der Waals surface area contributed by atoms with Gasteiger partial charge in [-0.15, -0.1) is 0 Å². The van der Waals surface area contributed by atoms with Gasteiger partial charge in [-0.25, -0.2) is 13.1 Å². The molecule has 0 amide bonds. The molecule has 21 heavy (non-hydrogen) atoms. The first kappa shape index (κ1) is 15.5. The maximum absolute atomic E-state index is 12.4. The quantitative estimate of drug-likeness (QED) is 0.858. The van der Waals surface area contributed by atoms with Gasteiger partial charge in [-0.3, -0.25) is 4.99 Å². The highest BCUT2D eigenvalue weighted by Crippen LogP contribution is 2.29. The van der Waals surface area contributed by atoms with Crippen LogP contribution in [0.1, 0.15) is 0 Å². The minimum atomic E-state index is -3.56. The summed E-state index contributed by atoms with van der Waals surface area (Å²) in [6, 6.07) is 11.0. The molecular formula is C15H19N3O2S. The van der Waals surface area contributed by atoms with Gasteiger partial charge in [0, 0.05) is 50.4 Å². The fraction of sp³-hybridized carbons (Fsp3) is 0.267. The number of nitrogens with one attached hydrogen (secondary N) is 1. The second kappa shape index (κ2) is 6.24. The maximum atomic E-state index is 12.4. The van der Waals surface area contributed by atoms with Gasteiger partial charge in [0.25, 0.3) is 0 Å². The first-order chi connectivity index (χ1) is 9.97. The van der Waals surface area contributed by atoms with Crippen molar-refractivity contribution in [2.24, 2.45) is 4.99 Å². The molecule has 0 bridgehead atoms. The average molecular weight is 305 g/mol. The van der Waals surface area contributed by atoms with E-state index in [1.54, 1.807) is 19.2 Å². The predicted octanol–water partition coefficient (Wildman–Crippen LogP) is 1.88. The standard InChI is InChI=1S/C15H19N3O2S/c1-16-10-11-17-21(19,20)15-9-5-6-12-13(15)7-4-8-14(12)18(2)3/h4-10,17H,11H2,1-3H3/b16-10+. The van der Waals surface area contributed by atoms with Crippen LogP contribution in [0.2, 0.25) is 0 Å². The molecule has 0 atom stereocenters. The monoisotopic (exact) mass is 305 g/mol. The Hall–Kier alpha value is -1.92. The van der Waals surface area contributed by atoms with E-state index < -0.39 is 10.0 Å². The SMILES string of the molecule is C/N=C/CNS(=O)(=O)c1cccc2c(N(C)C)cccc12. The number of sulfonamides is 1. The number of hydrogen-bond acceptors (Lipinski definition) is 4. The summed E-state index contributed by atoms with van der Waals surface area (Å²) >= 11 is 0. The Labute approximate surface area is 125 Å². The van der Waals surface area contributed by atoms with Gasteiger partial charge in [0.05, 0.1) is 4.90 Å². The minimum absolute atomic E-state index is 0.183. The zero-order chi connectivity index (χ0) is 15.5. The summed E-state index contributed by atoms with van der Waals surface area (Å²) in [4.78, 5) is 6.03. The van der Waals surface area contributed by atoms with Crippen LogP contribution >= 0.6 is 0 Å².